The monoisotopic (exact) mass is 364 g/mol. The van der Waals surface area contributed by atoms with Gasteiger partial charge in [-0.1, -0.05) is 48.5 Å². The van der Waals surface area contributed by atoms with Gasteiger partial charge in [-0.25, -0.2) is 0 Å². The largest absolute Gasteiger partial charge is 0.489 e. The fourth-order valence-electron chi connectivity index (χ4n) is 3.76. The minimum Gasteiger partial charge on any atom is -0.489 e. The summed E-state index contributed by atoms with van der Waals surface area (Å²) in [7, 11) is 1.64. The zero-order chi connectivity index (χ0) is 18.7. The molecule has 4 heteroatoms. The van der Waals surface area contributed by atoms with E-state index in [1.54, 1.807) is 7.11 Å². The molecule has 3 aromatic rings. The summed E-state index contributed by atoms with van der Waals surface area (Å²) < 4.78 is 17.2. The normalized spacial score (nSPS) is 22.7. The molecule has 4 nitrogen and oxygen atoms in total. The van der Waals surface area contributed by atoms with Crippen molar-refractivity contribution in [3.05, 3.63) is 77.9 Å². The molecule has 4 rings (SSSR count). The molecule has 1 aliphatic rings. The maximum Gasteiger partial charge on any atom is 0.123 e. The Morgan fingerprint density at radius 1 is 1.04 bits per heavy atom. The Morgan fingerprint density at radius 2 is 1.89 bits per heavy atom. The molecule has 0 saturated carbocycles. The summed E-state index contributed by atoms with van der Waals surface area (Å²) in [5.41, 5.74) is 1.28. The third-order valence-corrected chi connectivity index (χ3v) is 5.34. The molecule has 1 aliphatic heterocycles. The van der Waals surface area contributed by atoms with Crippen LogP contribution in [0.25, 0.3) is 10.8 Å². The van der Waals surface area contributed by atoms with E-state index in [1.165, 1.54) is 10.8 Å². The van der Waals surface area contributed by atoms with Crippen LogP contribution < -0.4 is 4.74 Å². The first-order chi connectivity index (χ1) is 13.2. The van der Waals surface area contributed by atoms with E-state index in [4.69, 9.17) is 14.2 Å². The Hall–Kier alpha value is -2.40. The van der Waals surface area contributed by atoms with Gasteiger partial charge in [-0.2, -0.15) is 0 Å². The summed E-state index contributed by atoms with van der Waals surface area (Å²) in [5, 5.41) is 12.9. The molecule has 0 aliphatic carbocycles. The number of fused-ring (bicyclic) bond motifs is 1. The zero-order valence-electron chi connectivity index (χ0n) is 15.4. The fourth-order valence-corrected chi connectivity index (χ4v) is 3.76. The van der Waals surface area contributed by atoms with Crippen molar-refractivity contribution in [2.75, 3.05) is 20.3 Å². The summed E-state index contributed by atoms with van der Waals surface area (Å²) in [5.74, 6) is 0.760. The molecule has 2 unspecified atom stereocenters. The lowest BCUT2D eigenvalue weighted by Gasteiger charge is -2.40. The summed E-state index contributed by atoms with van der Waals surface area (Å²) in [4.78, 5) is 0. The molecule has 0 amide bonds. The fraction of sp³-hybridized carbons (Fsp3) is 0.304. The smallest absolute Gasteiger partial charge is 0.123 e. The number of aliphatic hydroxyl groups is 1. The first-order valence-electron chi connectivity index (χ1n) is 9.23. The van der Waals surface area contributed by atoms with Gasteiger partial charge >= 0.3 is 0 Å². The van der Waals surface area contributed by atoms with Crippen LogP contribution in [0.4, 0.5) is 0 Å². The predicted octanol–water partition coefficient (Wildman–Crippen LogP) is 4.04. The summed E-state index contributed by atoms with van der Waals surface area (Å²) in [6, 6.07) is 22.4. The van der Waals surface area contributed by atoms with Crippen molar-refractivity contribution in [1.29, 1.82) is 0 Å². The van der Waals surface area contributed by atoms with Gasteiger partial charge in [0.15, 0.2) is 0 Å². The zero-order valence-corrected chi connectivity index (χ0v) is 15.4. The lowest BCUT2D eigenvalue weighted by Crippen LogP contribution is -2.48. The van der Waals surface area contributed by atoms with Crippen LogP contribution in [0.1, 0.15) is 17.5 Å². The van der Waals surface area contributed by atoms with Crippen molar-refractivity contribution < 1.29 is 19.3 Å². The van der Waals surface area contributed by atoms with E-state index in [0.717, 1.165) is 16.9 Å². The van der Waals surface area contributed by atoms with Crippen LogP contribution in [-0.4, -0.2) is 31.5 Å². The Bertz CT molecular complexity index is 923. The average molecular weight is 364 g/mol. The maximum atomic E-state index is 10.5. The molecule has 0 aromatic heterocycles. The molecule has 140 valence electrons. The van der Waals surface area contributed by atoms with E-state index in [9.17, 15) is 5.11 Å². The van der Waals surface area contributed by atoms with Crippen molar-refractivity contribution in [3.8, 4) is 5.75 Å². The number of hydrogen-bond donors (Lipinski definition) is 1. The SMILES string of the molecule is COC1(c2cccc(OCc3ccc4ccccc4c3)c2)CCOCC1O. The van der Waals surface area contributed by atoms with Gasteiger partial charge in [-0.3, -0.25) is 0 Å². The number of methoxy groups -OCH3 is 1. The van der Waals surface area contributed by atoms with Crippen LogP contribution in [0.5, 0.6) is 5.75 Å². The molecule has 2 atom stereocenters. The van der Waals surface area contributed by atoms with Gasteiger partial charge in [0, 0.05) is 20.1 Å². The lowest BCUT2D eigenvalue weighted by atomic mass is 9.84. The molecule has 1 fully saturated rings. The molecule has 3 aromatic carbocycles. The van der Waals surface area contributed by atoms with Gasteiger partial charge in [-0.15, -0.1) is 0 Å². The second-order valence-corrected chi connectivity index (χ2v) is 6.93. The van der Waals surface area contributed by atoms with E-state index in [2.05, 4.69) is 30.3 Å². The van der Waals surface area contributed by atoms with Crippen LogP contribution in [0.15, 0.2) is 66.7 Å². The van der Waals surface area contributed by atoms with E-state index in [1.807, 2.05) is 36.4 Å². The minimum absolute atomic E-state index is 0.274. The van der Waals surface area contributed by atoms with Gasteiger partial charge in [0.2, 0.25) is 0 Å². The predicted molar refractivity (Wildman–Crippen MR) is 105 cm³/mol. The summed E-state index contributed by atoms with van der Waals surface area (Å²) in [6.45, 7) is 1.32. The van der Waals surface area contributed by atoms with Gasteiger partial charge in [0.05, 0.1) is 6.61 Å². The van der Waals surface area contributed by atoms with E-state index < -0.39 is 11.7 Å². The number of aliphatic hydroxyl groups excluding tert-OH is 1. The van der Waals surface area contributed by atoms with Gasteiger partial charge < -0.3 is 19.3 Å². The highest BCUT2D eigenvalue weighted by molar-refractivity contribution is 5.82. The molecule has 27 heavy (non-hydrogen) atoms. The van der Waals surface area contributed by atoms with Crippen molar-refractivity contribution >= 4 is 10.8 Å². The first-order valence-corrected chi connectivity index (χ1v) is 9.23. The van der Waals surface area contributed by atoms with E-state index >= 15 is 0 Å². The summed E-state index contributed by atoms with van der Waals surface area (Å²) >= 11 is 0. The van der Waals surface area contributed by atoms with Gasteiger partial charge in [0.25, 0.3) is 0 Å². The third-order valence-electron chi connectivity index (χ3n) is 5.34. The molecule has 0 bridgehead atoms. The maximum absolute atomic E-state index is 10.5. The third kappa shape index (κ3) is 3.56. The van der Waals surface area contributed by atoms with Crippen LogP contribution in [0, 0.1) is 0 Å². The number of benzene rings is 3. The first kappa shape index (κ1) is 18.0. The molecular formula is C23H24O4. The van der Waals surface area contributed by atoms with Crippen molar-refractivity contribution in [2.24, 2.45) is 0 Å². The number of ether oxygens (including phenoxy) is 3. The quantitative estimate of drug-likeness (QED) is 0.742. The standard InChI is InChI=1S/C23H24O4/c1-25-23(11-12-26-16-22(23)24)20-7-4-8-21(14-20)27-15-17-9-10-18-5-2-3-6-19(18)13-17/h2-10,13-14,22,24H,11-12,15-16H2,1H3. The second-order valence-electron chi connectivity index (χ2n) is 6.93. The highest BCUT2D eigenvalue weighted by Crippen LogP contribution is 2.37. The summed E-state index contributed by atoms with van der Waals surface area (Å²) in [6.07, 6.45) is -0.0919. The van der Waals surface area contributed by atoms with Gasteiger partial charge in [-0.05, 0) is 40.1 Å². The second kappa shape index (κ2) is 7.69. The Morgan fingerprint density at radius 3 is 2.70 bits per heavy atom. The van der Waals surface area contributed by atoms with Crippen LogP contribution in [0.3, 0.4) is 0 Å². The minimum atomic E-state index is -0.749. The number of rotatable bonds is 5. The highest BCUT2D eigenvalue weighted by Gasteiger charge is 2.42. The molecular weight excluding hydrogens is 340 g/mol. The Kier molecular flexibility index (Phi) is 5.12. The molecule has 0 radical (unpaired) electrons. The molecule has 1 saturated heterocycles. The highest BCUT2D eigenvalue weighted by atomic mass is 16.5. The van der Waals surface area contributed by atoms with Gasteiger partial charge in [0.1, 0.15) is 24.1 Å². The molecule has 1 N–H and O–H groups in total. The van der Waals surface area contributed by atoms with Crippen molar-refractivity contribution in [3.63, 3.8) is 0 Å². The van der Waals surface area contributed by atoms with Crippen LogP contribution >= 0.6 is 0 Å². The Balaban J connectivity index is 1.53. The van der Waals surface area contributed by atoms with Crippen LogP contribution in [0.2, 0.25) is 0 Å². The lowest BCUT2D eigenvalue weighted by molar-refractivity contribution is -0.175. The topological polar surface area (TPSA) is 47.9 Å². The molecule has 1 heterocycles. The van der Waals surface area contributed by atoms with E-state index in [0.29, 0.717) is 19.6 Å². The average Bonchev–Trinajstić information content (AvgIpc) is 2.73. The molecule has 0 spiro atoms. The number of hydrogen-bond acceptors (Lipinski definition) is 4. The van der Waals surface area contributed by atoms with E-state index in [-0.39, 0.29) is 6.61 Å². The Labute approximate surface area is 159 Å². The van der Waals surface area contributed by atoms with Crippen molar-refractivity contribution in [2.45, 2.75) is 24.7 Å². The van der Waals surface area contributed by atoms with Crippen molar-refractivity contribution in [1.82, 2.24) is 0 Å². The van der Waals surface area contributed by atoms with Crippen LogP contribution in [-0.2, 0) is 21.7 Å².